The molecule has 134 valence electrons. The van der Waals surface area contributed by atoms with Crippen molar-refractivity contribution in [3.05, 3.63) is 23.8 Å². The zero-order chi connectivity index (χ0) is 18.2. The summed E-state index contributed by atoms with van der Waals surface area (Å²) in [5.74, 6) is 0.00896. The Labute approximate surface area is 147 Å². The predicted molar refractivity (Wildman–Crippen MR) is 94.9 cm³/mol. The molecule has 0 aromatic heterocycles. The lowest BCUT2D eigenvalue weighted by Gasteiger charge is -2.28. The fraction of sp³-hybridized carbons (Fsp3) is 0.526. The van der Waals surface area contributed by atoms with E-state index in [1.807, 2.05) is 0 Å². The number of amides is 2. The van der Waals surface area contributed by atoms with Gasteiger partial charge in [-0.15, -0.1) is 0 Å². The van der Waals surface area contributed by atoms with Gasteiger partial charge in [0.2, 0.25) is 11.8 Å². The van der Waals surface area contributed by atoms with Gasteiger partial charge in [-0.1, -0.05) is 0 Å². The van der Waals surface area contributed by atoms with Crippen LogP contribution in [0.25, 0.3) is 0 Å². The lowest BCUT2D eigenvalue weighted by molar-refractivity contribution is -0.137. The first kappa shape index (κ1) is 17.6. The molecule has 1 saturated carbocycles. The maximum atomic E-state index is 13.2. The normalized spacial score (nSPS) is 19.6. The monoisotopic (exact) mass is 344 g/mol. The molecule has 1 aromatic rings. The van der Waals surface area contributed by atoms with Crippen molar-refractivity contribution in [3.8, 4) is 0 Å². The standard InChI is InChI=1S/C19H24N2O4/c1-19(2)17(23)20(8-9-25-3)15-7-6-14(12-22)10-16(15)21(18(19)24)11-13-4-5-13/h6-7,10,12-13H,4-5,8-9,11H2,1-3H3. The van der Waals surface area contributed by atoms with E-state index in [0.29, 0.717) is 42.6 Å². The average Bonchev–Trinajstić information content (AvgIpc) is 3.43. The van der Waals surface area contributed by atoms with Crippen molar-refractivity contribution in [3.63, 3.8) is 0 Å². The molecule has 6 nitrogen and oxygen atoms in total. The second-order valence-corrected chi connectivity index (χ2v) is 7.30. The largest absolute Gasteiger partial charge is 0.383 e. The maximum Gasteiger partial charge on any atom is 0.242 e. The Morgan fingerprint density at radius 3 is 2.44 bits per heavy atom. The van der Waals surface area contributed by atoms with Gasteiger partial charge in [0.1, 0.15) is 11.7 Å². The minimum absolute atomic E-state index is 0.214. The third-order valence-corrected chi connectivity index (χ3v) is 4.93. The van der Waals surface area contributed by atoms with Crippen LogP contribution < -0.4 is 9.80 Å². The smallest absolute Gasteiger partial charge is 0.242 e. The highest BCUT2D eigenvalue weighted by molar-refractivity contribution is 6.20. The number of hydrogen-bond acceptors (Lipinski definition) is 4. The minimum Gasteiger partial charge on any atom is -0.383 e. The molecule has 0 N–H and O–H groups in total. The molecule has 0 atom stereocenters. The quantitative estimate of drug-likeness (QED) is 0.586. The summed E-state index contributed by atoms with van der Waals surface area (Å²) in [4.78, 5) is 40.8. The van der Waals surface area contributed by atoms with Crippen molar-refractivity contribution in [1.82, 2.24) is 0 Å². The molecule has 1 fully saturated rings. The van der Waals surface area contributed by atoms with Gasteiger partial charge >= 0.3 is 0 Å². The minimum atomic E-state index is -1.16. The molecule has 0 radical (unpaired) electrons. The summed E-state index contributed by atoms with van der Waals surface area (Å²) in [6.07, 6.45) is 2.94. The second-order valence-electron chi connectivity index (χ2n) is 7.30. The Hall–Kier alpha value is -2.21. The van der Waals surface area contributed by atoms with Crippen LogP contribution in [0, 0.1) is 11.3 Å². The van der Waals surface area contributed by atoms with E-state index in [2.05, 4.69) is 0 Å². The Kier molecular flexibility index (Phi) is 4.64. The van der Waals surface area contributed by atoms with Gasteiger partial charge in [0.05, 0.1) is 18.0 Å². The van der Waals surface area contributed by atoms with Crippen LogP contribution in [0.4, 0.5) is 11.4 Å². The van der Waals surface area contributed by atoms with E-state index in [-0.39, 0.29) is 11.8 Å². The van der Waals surface area contributed by atoms with Gasteiger partial charge in [0, 0.05) is 25.8 Å². The molecular weight excluding hydrogens is 320 g/mol. The van der Waals surface area contributed by atoms with E-state index in [1.54, 1.807) is 49.0 Å². The van der Waals surface area contributed by atoms with Gasteiger partial charge in [-0.2, -0.15) is 0 Å². The number of carbonyl (C=O) groups excluding carboxylic acids is 3. The molecule has 25 heavy (non-hydrogen) atoms. The van der Waals surface area contributed by atoms with Crippen LogP contribution in [0.3, 0.4) is 0 Å². The van der Waals surface area contributed by atoms with E-state index in [4.69, 9.17) is 4.74 Å². The molecular formula is C19H24N2O4. The van der Waals surface area contributed by atoms with Gasteiger partial charge in [-0.3, -0.25) is 14.4 Å². The molecule has 0 bridgehead atoms. The summed E-state index contributed by atoms with van der Waals surface area (Å²) in [5.41, 5.74) is 0.623. The second kappa shape index (κ2) is 6.59. The van der Waals surface area contributed by atoms with Crippen molar-refractivity contribution < 1.29 is 19.1 Å². The Morgan fingerprint density at radius 2 is 1.84 bits per heavy atom. The first-order valence-corrected chi connectivity index (χ1v) is 8.62. The van der Waals surface area contributed by atoms with Gasteiger partial charge in [0.25, 0.3) is 0 Å². The van der Waals surface area contributed by atoms with Gasteiger partial charge in [-0.25, -0.2) is 0 Å². The lowest BCUT2D eigenvalue weighted by Crippen LogP contribution is -2.49. The Balaban J connectivity index is 2.14. The molecule has 1 aliphatic heterocycles. The fourth-order valence-corrected chi connectivity index (χ4v) is 3.19. The summed E-state index contributed by atoms with van der Waals surface area (Å²) in [6, 6.07) is 5.13. The average molecular weight is 344 g/mol. The van der Waals surface area contributed by atoms with Crippen molar-refractivity contribution in [2.75, 3.05) is 36.6 Å². The number of aldehydes is 1. The van der Waals surface area contributed by atoms with Crippen LogP contribution in [0.15, 0.2) is 18.2 Å². The van der Waals surface area contributed by atoms with Crippen molar-refractivity contribution in [1.29, 1.82) is 0 Å². The third-order valence-electron chi connectivity index (χ3n) is 4.93. The number of methoxy groups -OCH3 is 1. The zero-order valence-corrected chi connectivity index (χ0v) is 14.9. The van der Waals surface area contributed by atoms with Crippen LogP contribution in [-0.2, 0) is 14.3 Å². The lowest BCUT2D eigenvalue weighted by atomic mass is 9.90. The van der Waals surface area contributed by atoms with E-state index < -0.39 is 5.41 Å². The number of anilines is 2. The molecule has 2 amide bonds. The molecule has 0 spiro atoms. The third kappa shape index (κ3) is 3.18. The Bertz CT molecular complexity index is 709. The number of rotatable bonds is 6. The topological polar surface area (TPSA) is 66.9 Å². The Morgan fingerprint density at radius 1 is 1.16 bits per heavy atom. The van der Waals surface area contributed by atoms with Crippen molar-refractivity contribution >= 4 is 29.5 Å². The summed E-state index contributed by atoms with van der Waals surface area (Å²) in [6.45, 7) is 4.65. The summed E-state index contributed by atoms with van der Waals surface area (Å²) in [7, 11) is 1.58. The number of ether oxygens (including phenoxy) is 1. The van der Waals surface area contributed by atoms with Crippen LogP contribution in [-0.4, -0.2) is 44.9 Å². The van der Waals surface area contributed by atoms with Crippen molar-refractivity contribution in [2.24, 2.45) is 11.3 Å². The van der Waals surface area contributed by atoms with Crippen LogP contribution >= 0.6 is 0 Å². The summed E-state index contributed by atoms with van der Waals surface area (Å²) in [5, 5.41) is 0. The highest BCUT2D eigenvalue weighted by atomic mass is 16.5. The SMILES string of the molecule is COCCN1C(=O)C(C)(C)C(=O)N(CC2CC2)c2cc(C=O)ccc21. The molecule has 1 heterocycles. The van der Waals surface area contributed by atoms with Crippen LogP contribution in [0.5, 0.6) is 0 Å². The first-order chi connectivity index (χ1) is 11.9. The highest BCUT2D eigenvalue weighted by Gasteiger charge is 2.47. The van der Waals surface area contributed by atoms with E-state index >= 15 is 0 Å². The number of benzene rings is 1. The number of nitrogens with zero attached hydrogens (tertiary/aromatic N) is 2. The van der Waals surface area contributed by atoms with E-state index in [1.165, 1.54) is 0 Å². The van der Waals surface area contributed by atoms with Crippen molar-refractivity contribution in [2.45, 2.75) is 26.7 Å². The van der Waals surface area contributed by atoms with Gasteiger partial charge in [-0.05, 0) is 50.8 Å². The molecule has 6 heteroatoms. The molecule has 2 aliphatic rings. The molecule has 0 saturated heterocycles. The first-order valence-electron chi connectivity index (χ1n) is 8.62. The van der Waals surface area contributed by atoms with Crippen LogP contribution in [0.1, 0.15) is 37.0 Å². The number of hydrogen-bond donors (Lipinski definition) is 0. The summed E-state index contributed by atoms with van der Waals surface area (Å²) < 4.78 is 5.14. The van der Waals surface area contributed by atoms with E-state index in [0.717, 1.165) is 19.1 Å². The number of carbonyl (C=O) groups is 3. The van der Waals surface area contributed by atoms with Gasteiger partial charge in [0.15, 0.2) is 0 Å². The number of fused-ring (bicyclic) bond motifs is 1. The maximum absolute atomic E-state index is 13.2. The fourth-order valence-electron chi connectivity index (χ4n) is 3.19. The highest BCUT2D eigenvalue weighted by Crippen LogP contribution is 2.42. The molecule has 1 aromatic carbocycles. The predicted octanol–water partition coefficient (Wildman–Crippen LogP) is 2.26. The van der Waals surface area contributed by atoms with Gasteiger partial charge < -0.3 is 14.5 Å². The van der Waals surface area contributed by atoms with E-state index in [9.17, 15) is 14.4 Å². The van der Waals surface area contributed by atoms with Crippen LogP contribution in [0.2, 0.25) is 0 Å². The molecule has 3 rings (SSSR count). The molecule has 0 unspecified atom stereocenters. The summed E-state index contributed by atoms with van der Waals surface area (Å²) >= 11 is 0. The zero-order valence-electron chi connectivity index (χ0n) is 14.9. The molecule has 1 aliphatic carbocycles.